The normalized spacial score (nSPS) is 14.6. The largest absolute Gasteiger partial charge is 0.467 e. The predicted octanol–water partition coefficient (Wildman–Crippen LogP) is 3.86. The van der Waals surface area contributed by atoms with Crippen LogP contribution in [0.15, 0.2) is 22.8 Å². The first-order valence-electron chi connectivity index (χ1n) is 7.33. The maximum atomic E-state index is 12.3. The zero-order chi connectivity index (χ0) is 16.0. The molecule has 21 heavy (non-hydrogen) atoms. The number of hydrogen-bond acceptors (Lipinski definition) is 4. The molecule has 0 bridgehead atoms. The Bertz CT molecular complexity index is 422. The van der Waals surface area contributed by atoms with Crippen LogP contribution in [0.2, 0.25) is 0 Å². The van der Waals surface area contributed by atoms with Crippen LogP contribution in [0.1, 0.15) is 46.4 Å². The summed E-state index contributed by atoms with van der Waals surface area (Å²) in [5, 5.41) is 0. The van der Waals surface area contributed by atoms with Gasteiger partial charge in [0.15, 0.2) is 0 Å². The highest BCUT2D eigenvalue weighted by Crippen LogP contribution is 2.29. The van der Waals surface area contributed by atoms with Crippen molar-refractivity contribution in [2.24, 2.45) is 5.92 Å². The van der Waals surface area contributed by atoms with E-state index < -0.39 is 5.60 Å². The van der Waals surface area contributed by atoms with E-state index in [4.69, 9.17) is 13.9 Å². The van der Waals surface area contributed by atoms with E-state index >= 15 is 0 Å². The van der Waals surface area contributed by atoms with E-state index in [0.29, 0.717) is 13.2 Å². The second kappa shape index (κ2) is 7.50. The molecule has 1 heterocycles. The van der Waals surface area contributed by atoms with Gasteiger partial charge in [-0.15, -0.1) is 0 Å². The Kier molecular flexibility index (Phi) is 6.27. The molecule has 2 atom stereocenters. The van der Waals surface area contributed by atoms with Crippen molar-refractivity contribution in [2.75, 3.05) is 20.3 Å². The average molecular weight is 297 g/mol. The van der Waals surface area contributed by atoms with Gasteiger partial charge < -0.3 is 18.8 Å². The van der Waals surface area contributed by atoms with Crippen molar-refractivity contribution >= 4 is 6.09 Å². The summed E-state index contributed by atoms with van der Waals surface area (Å²) in [4.78, 5) is 13.9. The van der Waals surface area contributed by atoms with Crippen molar-refractivity contribution in [3.8, 4) is 0 Å². The predicted molar refractivity (Wildman–Crippen MR) is 81.1 cm³/mol. The van der Waals surface area contributed by atoms with E-state index in [9.17, 15) is 4.79 Å². The van der Waals surface area contributed by atoms with Crippen LogP contribution in [0.5, 0.6) is 0 Å². The van der Waals surface area contributed by atoms with Gasteiger partial charge in [-0.2, -0.15) is 0 Å². The van der Waals surface area contributed by atoms with Crippen molar-refractivity contribution in [1.82, 2.24) is 4.90 Å². The van der Waals surface area contributed by atoms with Gasteiger partial charge in [0.1, 0.15) is 11.4 Å². The molecule has 0 fully saturated rings. The number of carbonyl (C=O) groups is 1. The summed E-state index contributed by atoms with van der Waals surface area (Å²) in [5.74, 6) is 0.823. The smallest absolute Gasteiger partial charge is 0.410 e. The third-order valence-electron chi connectivity index (χ3n) is 3.06. The fourth-order valence-corrected chi connectivity index (χ4v) is 2.15. The monoisotopic (exact) mass is 297 g/mol. The first-order chi connectivity index (χ1) is 9.76. The molecule has 0 radical (unpaired) electrons. The second-order valence-electron chi connectivity index (χ2n) is 6.19. The molecule has 0 saturated carbocycles. The first kappa shape index (κ1) is 17.6. The quantitative estimate of drug-likeness (QED) is 0.800. The van der Waals surface area contributed by atoms with Gasteiger partial charge in [0, 0.05) is 19.6 Å². The van der Waals surface area contributed by atoms with Crippen LogP contribution in [-0.2, 0) is 9.47 Å². The number of hydrogen-bond donors (Lipinski definition) is 0. The highest BCUT2D eigenvalue weighted by molar-refractivity contribution is 5.68. The van der Waals surface area contributed by atoms with Crippen molar-refractivity contribution in [2.45, 2.75) is 46.3 Å². The van der Waals surface area contributed by atoms with Crippen molar-refractivity contribution in [3.05, 3.63) is 24.2 Å². The molecular formula is C16H27NO4. The molecular weight excluding hydrogens is 270 g/mol. The third-order valence-corrected chi connectivity index (χ3v) is 3.06. The lowest BCUT2D eigenvalue weighted by molar-refractivity contribution is 0.00547. The summed E-state index contributed by atoms with van der Waals surface area (Å²) in [5.41, 5.74) is -0.526. The van der Waals surface area contributed by atoms with Gasteiger partial charge in [0.2, 0.25) is 0 Å². The highest BCUT2D eigenvalue weighted by atomic mass is 16.6. The van der Waals surface area contributed by atoms with Gasteiger partial charge in [-0.05, 0) is 39.8 Å². The third kappa shape index (κ3) is 5.42. The fraction of sp³-hybridized carbons (Fsp3) is 0.688. The van der Waals surface area contributed by atoms with E-state index in [1.807, 2.05) is 46.8 Å². The summed E-state index contributed by atoms with van der Waals surface area (Å²) >= 11 is 0. The van der Waals surface area contributed by atoms with E-state index in [1.54, 1.807) is 18.2 Å². The Morgan fingerprint density at radius 2 is 2.10 bits per heavy atom. The molecule has 1 amide bonds. The van der Waals surface area contributed by atoms with Gasteiger partial charge >= 0.3 is 6.09 Å². The van der Waals surface area contributed by atoms with Crippen LogP contribution in [0.4, 0.5) is 4.79 Å². The zero-order valence-electron chi connectivity index (χ0n) is 13.9. The Balaban J connectivity index is 2.88. The Hall–Kier alpha value is -1.49. The second-order valence-corrected chi connectivity index (χ2v) is 6.19. The molecule has 0 aromatic carbocycles. The molecule has 0 aliphatic rings. The molecule has 0 aliphatic carbocycles. The van der Waals surface area contributed by atoms with Gasteiger partial charge in [-0.1, -0.05) is 6.92 Å². The molecule has 1 aromatic rings. The van der Waals surface area contributed by atoms with Crippen LogP contribution in [0.25, 0.3) is 0 Å². The van der Waals surface area contributed by atoms with Crippen molar-refractivity contribution < 1.29 is 18.7 Å². The van der Waals surface area contributed by atoms with E-state index in [-0.39, 0.29) is 18.1 Å². The molecule has 0 unspecified atom stereocenters. The van der Waals surface area contributed by atoms with Crippen LogP contribution in [0, 0.1) is 5.92 Å². The molecule has 1 rings (SSSR count). The standard InChI is InChI=1S/C16H27NO4/c1-7-19-11-12(2)14(13-9-8-10-20-13)17(6)15(18)21-16(3,4)5/h8-10,12,14H,7,11H2,1-6H3/t12-,14+/m1/s1. The topological polar surface area (TPSA) is 51.9 Å². The molecule has 5 heteroatoms. The number of amides is 1. The molecule has 120 valence electrons. The Morgan fingerprint density at radius 3 is 2.57 bits per heavy atom. The highest BCUT2D eigenvalue weighted by Gasteiger charge is 2.32. The summed E-state index contributed by atoms with van der Waals surface area (Å²) in [7, 11) is 1.73. The van der Waals surface area contributed by atoms with E-state index in [0.717, 1.165) is 5.76 Å². The Morgan fingerprint density at radius 1 is 1.43 bits per heavy atom. The number of carbonyl (C=O) groups excluding carboxylic acids is 1. The lowest BCUT2D eigenvalue weighted by Crippen LogP contribution is -2.39. The maximum Gasteiger partial charge on any atom is 0.410 e. The van der Waals surface area contributed by atoms with E-state index in [2.05, 4.69) is 0 Å². The summed E-state index contributed by atoms with van der Waals surface area (Å²) in [6.07, 6.45) is 1.24. The SMILES string of the molecule is CCOC[C@@H](C)[C@@H](c1ccco1)N(C)C(=O)OC(C)(C)C. The summed E-state index contributed by atoms with van der Waals surface area (Å²) in [6, 6.07) is 3.47. The van der Waals surface area contributed by atoms with Crippen molar-refractivity contribution in [3.63, 3.8) is 0 Å². The fourth-order valence-electron chi connectivity index (χ4n) is 2.15. The lowest BCUT2D eigenvalue weighted by atomic mass is 9.99. The first-order valence-corrected chi connectivity index (χ1v) is 7.33. The van der Waals surface area contributed by atoms with Gasteiger partial charge in [-0.3, -0.25) is 0 Å². The minimum Gasteiger partial charge on any atom is -0.467 e. The van der Waals surface area contributed by atoms with Gasteiger partial charge in [0.05, 0.1) is 18.9 Å². The van der Waals surface area contributed by atoms with Crippen LogP contribution >= 0.6 is 0 Å². The van der Waals surface area contributed by atoms with Gasteiger partial charge in [0.25, 0.3) is 0 Å². The van der Waals surface area contributed by atoms with Crippen LogP contribution < -0.4 is 0 Å². The number of rotatable bonds is 6. The summed E-state index contributed by atoms with van der Waals surface area (Å²) < 4.78 is 16.4. The maximum absolute atomic E-state index is 12.3. The van der Waals surface area contributed by atoms with Crippen LogP contribution in [0.3, 0.4) is 0 Å². The molecule has 1 aromatic heterocycles. The van der Waals surface area contributed by atoms with Crippen LogP contribution in [-0.4, -0.2) is 36.9 Å². The van der Waals surface area contributed by atoms with Gasteiger partial charge in [-0.25, -0.2) is 4.79 Å². The molecule has 5 nitrogen and oxygen atoms in total. The minimum atomic E-state index is -0.526. The average Bonchev–Trinajstić information content (AvgIpc) is 2.88. The lowest BCUT2D eigenvalue weighted by Gasteiger charge is -2.33. The Labute approximate surface area is 127 Å². The zero-order valence-corrected chi connectivity index (χ0v) is 13.9. The van der Waals surface area contributed by atoms with Crippen molar-refractivity contribution in [1.29, 1.82) is 0 Å². The minimum absolute atomic E-state index is 0.0913. The number of ether oxygens (including phenoxy) is 2. The van der Waals surface area contributed by atoms with E-state index in [1.165, 1.54) is 0 Å². The summed E-state index contributed by atoms with van der Waals surface area (Å²) in [6.45, 7) is 10.7. The molecule has 0 saturated heterocycles. The number of nitrogens with zero attached hydrogens (tertiary/aromatic N) is 1. The number of furan rings is 1. The molecule has 0 N–H and O–H groups in total. The molecule has 0 spiro atoms. The molecule has 0 aliphatic heterocycles.